The fraction of sp³-hybridized carbons (Fsp3) is 0.438. The monoisotopic (exact) mass is 302 g/mol. The summed E-state index contributed by atoms with van der Waals surface area (Å²) in [6, 6.07) is 1.85. The van der Waals surface area contributed by atoms with Crippen LogP contribution in [0.25, 0.3) is 0 Å². The Morgan fingerprint density at radius 3 is 2.73 bits per heavy atom. The van der Waals surface area contributed by atoms with Crippen LogP contribution in [0.4, 0.5) is 5.69 Å². The fourth-order valence-electron chi connectivity index (χ4n) is 2.68. The molecular weight excluding hydrogens is 280 g/mol. The van der Waals surface area contributed by atoms with E-state index in [1.807, 2.05) is 33.8 Å². The van der Waals surface area contributed by atoms with E-state index in [9.17, 15) is 4.79 Å². The lowest BCUT2D eigenvalue weighted by Crippen LogP contribution is -2.16. The number of rotatable bonds is 5. The third kappa shape index (κ3) is 3.44. The molecule has 1 atom stereocenters. The zero-order valence-corrected chi connectivity index (χ0v) is 13.7. The molecule has 2 rings (SSSR count). The SMILES string of the molecule is COc1ncc(C)cc1NC(=O)CC(C)c1c(C)n[nH]c1C. The molecule has 2 aromatic rings. The zero-order chi connectivity index (χ0) is 16.3. The van der Waals surface area contributed by atoms with Gasteiger partial charge in [-0.3, -0.25) is 9.89 Å². The third-order valence-corrected chi connectivity index (χ3v) is 3.62. The molecule has 118 valence electrons. The van der Waals surface area contributed by atoms with Gasteiger partial charge >= 0.3 is 0 Å². The van der Waals surface area contributed by atoms with Crippen molar-refractivity contribution in [1.29, 1.82) is 0 Å². The summed E-state index contributed by atoms with van der Waals surface area (Å²) in [7, 11) is 1.54. The molecule has 0 aliphatic heterocycles. The number of anilines is 1. The number of pyridine rings is 1. The molecule has 0 aromatic carbocycles. The summed E-state index contributed by atoms with van der Waals surface area (Å²) in [6.45, 7) is 7.86. The predicted octanol–water partition coefficient (Wildman–Crippen LogP) is 2.87. The van der Waals surface area contributed by atoms with Gasteiger partial charge in [0.05, 0.1) is 12.8 Å². The first-order valence-corrected chi connectivity index (χ1v) is 7.24. The molecular formula is C16H22N4O2. The minimum Gasteiger partial charge on any atom is -0.480 e. The topological polar surface area (TPSA) is 79.9 Å². The van der Waals surface area contributed by atoms with Crippen LogP contribution in [0, 0.1) is 20.8 Å². The van der Waals surface area contributed by atoms with Gasteiger partial charge in [0, 0.05) is 18.3 Å². The van der Waals surface area contributed by atoms with Crippen LogP contribution >= 0.6 is 0 Å². The molecule has 0 saturated heterocycles. The van der Waals surface area contributed by atoms with Crippen molar-refractivity contribution >= 4 is 11.6 Å². The molecule has 22 heavy (non-hydrogen) atoms. The minimum atomic E-state index is -0.0711. The van der Waals surface area contributed by atoms with Crippen molar-refractivity contribution in [1.82, 2.24) is 15.2 Å². The standard InChI is InChI=1S/C16H22N4O2/c1-9-6-13(16(22-5)17-8-9)18-14(21)7-10(2)15-11(3)19-20-12(15)4/h6,8,10H,7H2,1-5H3,(H,18,21)(H,19,20). The van der Waals surface area contributed by atoms with Crippen LogP contribution in [0.2, 0.25) is 0 Å². The van der Waals surface area contributed by atoms with Crippen molar-refractivity contribution in [3.63, 3.8) is 0 Å². The van der Waals surface area contributed by atoms with Crippen molar-refractivity contribution in [2.75, 3.05) is 12.4 Å². The van der Waals surface area contributed by atoms with Crippen LogP contribution in [0.3, 0.4) is 0 Å². The highest BCUT2D eigenvalue weighted by Crippen LogP contribution is 2.26. The number of methoxy groups -OCH3 is 1. The number of aromatic nitrogens is 3. The molecule has 0 bridgehead atoms. The van der Waals surface area contributed by atoms with Gasteiger partial charge in [-0.15, -0.1) is 0 Å². The number of amides is 1. The molecule has 0 fully saturated rings. The van der Waals surface area contributed by atoms with Crippen molar-refractivity contribution in [2.24, 2.45) is 0 Å². The molecule has 0 saturated carbocycles. The Bertz CT molecular complexity index is 659. The van der Waals surface area contributed by atoms with E-state index in [-0.39, 0.29) is 11.8 Å². The molecule has 0 radical (unpaired) electrons. The lowest BCUT2D eigenvalue weighted by atomic mass is 9.95. The summed E-state index contributed by atoms with van der Waals surface area (Å²) in [5.41, 5.74) is 4.61. The Hall–Kier alpha value is -2.37. The quantitative estimate of drug-likeness (QED) is 0.890. The van der Waals surface area contributed by atoms with Crippen LogP contribution in [0.15, 0.2) is 12.3 Å². The Balaban J connectivity index is 2.09. The average Bonchev–Trinajstić information content (AvgIpc) is 2.78. The van der Waals surface area contributed by atoms with Gasteiger partial charge < -0.3 is 10.1 Å². The zero-order valence-electron chi connectivity index (χ0n) is 13.7. The Morgan fingerprint density at radius 1 is 1.41 bits per heavy atom. The maximum absolute atomic E-state index is 12.3. The van der Waals surface area contributed by atoms with Crippen molar-refractivity contribution in [2.45, 2.75) is 40.0 Å². The highest BCUT2D eigenvalue weighted by atomic mass is 16.5. The van der Waals surface area contributed by atoms with E-state index in [0.717, 1.165) is 22.5 Å². The first kappa shape index (κ1) is 16.0. The third-order valence-electron chi connectivity index (χ3n) is 3.62. The first-order valence-electron chi connectivity index (χ1n) is 7.24. The van der Waals surface area contributed by atoms with Crippen LogP contribution in [-0.2, 0) is 4.79 Å². The maximum Gasteiger partial charge on any atom is 0.237 e. The molecule has 2 heterocycles. The van der Waals surface area contributed by atoms with Gasteiger partial charge in [-0.1, -0.05) is 6.92 Å². The number of aromatic amines is 1. The second kappa shape index (κ2) is 6.60. The fourth-order valence-corrected chi connectivity index (χ4v) is 2.68. The first-order chi connectivity index (χ1) is 10.4. The van der Waals surface area contributed by atoms with Crippen molar-refractivity contribution < 1.29 is 9.53 Å². The number of carbonyl (C=O) groups excluding carboxylic acids is 1. The van der Waals surface area contributed by atoms with Crippen molar-refractivity contribution in [3.05, 3.63) is 34.8 Å². The number of ether oxygens (including phenoxy) is 1. The van der Waals surface area contributed by atoms with E-state index < -0.39 is 0 Å². The summed E-state index contributed by atoms with van der Waals surface area (Å²) >= 11 is 0. The van der Waals surface area contributed by atoms with E-state index in [2.05, 4.69) is 20.5 Å². The van der Waals surface area contributed by atoms with E-state index in [4.69, 9.17) is 4.74 Å². The molecule has 6 nitrogen and oxygen atoms in total. The average molecular weight is 302 g/mol. The smallest absolute Gasteiger partial charge is 0.237 e. The minimum absolute atomic E-state index is 0.0711. The number of hydrogen-bond acceptors (Lipinski definition) is 4. The van der Waals surface area contributed by atoms with Crippen LogP contribution in [0.5, 0.6) is 5.88 Å². The Kier molecular flexibility index (Phi) is 4.80. The summed E-state index contributed by atoms with van der Waals surface area (Å²) in [5, 5.41) is 10.0. The molecule has 1 amide bonds. The lowest BCUT2D eigenvalue weighted by molar-refractivity contribution is -0.116. The number of nitrogens with one attached hydrogen (secondary N) is 2. The molecule has 2 N–H and O–H groups in total. The van der Waals surface area contributed by atoms with Crippen LogP contribution in [-0.4, -0.2) is 28.2 Å². The highest BCUT2D eigenvalue weighted by molar-refractivity contribution is 5.92. The molecule has 0 spiro atoms. The lowest BCUT2D eigenvalue weighted by Gasteiger charge is -2.14. The molecule has 2 aromatic heterocycles. The Morgan fingerprint density at radius 2 is 2.14 bits per heavy atom. The van der Waals surface area contributed by atoms with Gasteiger partial charge in [0.25, 0.3) is 0 Å². The summed E-state index contributed by atoms with van der Waals surface area (Å²) < 4.78 is 5.18. The van der Waals surface area contributed by atoms with Gasteiger partial charge in [-0.25, -0.2) is 4.98 Å². The van der Waals surface area contributed by atoms with E-state index in [1.54, 1.807) is 6.20 Å². The number of aryl methyl sites for hydroxylation is 3. The second-order valence-electron chi connectivity index (χ2n) is 5.57. The molecule has 6 heteroatoms. The molecule has 0 aliphatic rings. The normalized spacial score (nSPS) is 12.0. The van der Waals surface area contributed by atoms with E-state index in [1.165, 1.54) is 7.11 Å². The molecule has 0 aliphatic carbocycles. The Labute approximate surface area is 130 Å². The van der Waals surface area contributed by atoms with Crippen LogP contribution in [0.1, 0.15) is 41.8 Å². The highest BCUT2D eigenvalue weighted by Gasteiger charge is 2.18. The van der Waals surface area contributed by atoms with Gasteiger partial charge in [-0.05, 0) is 43.9 Å². The summed E-state index contributed by atoms with van der Waals surface area (Å²) in [4.78, 5) is 16.5. The number of hydrogen-bond donors (Lipinski definition) is 2. The van der Waals surface area contributed by atoms with Gasteiger partial charge in [-0.2, -0.15) is 5.10 Å². The number of carbonyl (C=O) groups is 1. The molecule has 1 unspecified atom stereocenters. The predicted molar refractivity (Wildman–Crippen MR) is 85.2 cm³/mol. The summed E-state index contributed by atoms with van der Waals surface area (Å²) in [5.74, 6) is 0.433. The van der Waals surface area contributed by atoms with Gasteiger partial charge in [0.2, 0.25) is 11.8 Å². The number of H-pyrrole nitrogens is 1. The largest absolute Gasteiger partial charge is 0.480 e. The van der Waals surface area contributed by atoms with Crippen LogP contribution < -0.4 is 10.1 Å². The van der Waals surface area contributed by atoms with E-state index in [0.29, 0.717) is 18.0 Å². The van der Waals surface area contributed by atoms with Crippen molar-refractivity contribution in [3.8, 4) is 5.88 Å². The number of nitrogens with zero attached hydrogens (tertiary/aromatic N) is 2. The van der Waals surface area contributed by atoms with E-state index >= 15 is 0 Å². The maximum atomic E-state index is 12.3. The van der Waals surface area contributed by atoms with Gasteiger partial charge in [0.15, 0.2) is 0 Å². The van der Waals surface area contributed by atoms with Gasteiger partial charge in [0.1, 0.15) is 5.69 Å². The second-order valence-corrected chi connectivity index (χ2v) is 5.57. The summed E-state index contributed by atoms with van der Waals surface area (Å²) in [6.07, 6.45) is 2.08.